The van der Waals surface area contributed by atoms with Crippen LogP contribution >= 0.6 is 23.2 Å². The van der Waals surface area contributed by atoms with E-state index < -0.39 is 29.0 Å². The quantitative estimate of drug-likeness (QED) is 0.448. The first-order chi connectivity index (χ1) is 14.8. The zero-order valence-corrected chi connectivity index (χ0v) is 20.1. The van der Waals surface area contributed by atoms with E-state index in [2.05, 4.69) is 5.32 Å². The van der Waals surface area contributed by atoms with Gasteiger partial charge in [-0.05, 0) is 0 Å². The van der Waals surface area contributed by atoms with Crippen LogP contribution in [0.3, 0.4) is 0 Å². The molecular weight excluding hydrogens is 520 g/mol. The summed E-state index contributed by atoms with van der Waals surface area (Å²) >= 11 is 10.5. The molecule has 0 aliphatic rings. The fraction of sp³-hybridized carbons (Fsp3) is 0.0476. The van der Waals surface area contributed by atoms with Crippen LogP contribution in [-0.4, -0.2) is 29.3 Å². The Bertz CT molecular complexity index is 1250. The normalized spacial score (nSPS) is 11.3. The van der Waals surface area contributed by atoms with E-state index >= 15 is 0 Å². The fourth-order valence-electron chi connectivity index (χ4n) is 2.62. The predicted molar refractivity (Wildman–Crippen MR) is 124 cm³/mol. The molecule has 0 bridgehead atoms. The van der Waals surface area contributed by atoms with Crippen LogP contribution in [0.5, 0.6) is 0 Å². The maximum atomic E-state index is 13.1. The van der Waals surface area contributed by atoms with Gasteiger partial charge in [-0.1, -0.05) is 0 Å². The molecule has 0 atom stereocenters. The Morgan fingerprint density at radius 1 is 1.03 bits per heavy atom. The van der Waals surface area contributed by atoms with Gasteiger partial charge in [-0.25, -0.2) is 0 Å². The molecule has 0 aliphatic heterocycles. The van der Waals surface area contributed by atoms with Gasteiger partial charge in [0, 0.05) is 0 Å². The van der Waals surface area contributed by atoms with Crippen molar-refractivity contribution in [1.82, 2.24) is 0 Å². The van der Waals surface area contributed by atoms with Crippen LogP contribution in [0, 0.1) is 11.3 Å². The third-order valence-electron chi connectivity index (χ3n) is 4.00. The van der Waals surface area contributed by atoms with Gasteiger partial charge in [0.2, 0.25) is 0 Å². The Morgan fingerprint density at radius 3 is 2.45 bits per heavy atom. The number of carbonyl (C=O) groups excluding carboxylic acids is 1. The van der Waals surface area contributed by atoms with Crippen molar-refractivity contribution in [2.45, 2.75) is 5.75 Å². The number of urea groups is 1. The minimum atomic E-state index is -3.64. The van der Waals surface area contributed by atoms with Crippen LogP contribution in [0.15, 0.2) is 72.8 Å². The van der Waals surface area contributed by atoms with Crippen LogP contribution in [0.1, 0.15) is 11.1 Å². The molecule has 0 aliphatic carbocycles. The van der Waals surface area contributed by atoms with Gasteiger partial charge in [-0.3, -0.25) is 0 Å². The third kappa shape index (κ3) is 6.25. The molecule has 3 rings (SSSR count). The number of benzene rings is 3. The van der Waals surface area contributed by atoms with Crippen molar-refractivity contribution >= 4 is 63.5 Å². The summed E-state index contributed by atoms with van der Waals surface area (Å²) in [5, 5.41) is 12.2. The Labute approximate surface area is 196 Å². The Balaban J connectivity index is 1.93. The summed E-state index contributed by atoms with van der Waals surface area (Å²) in [6.07, 6.45) is 0. The first-order valence-corrected chi connectivity index (χ1v) is 14.3. The van der Waals surface area contributed by atoms with Crippen molar-refractivity contribution in [3.8, 4) is 6.07 Å². The summed E-state index contributed by atoms with van der Waals surface area (Å²) in [4.78, 5) is 13.1. The number of amides is 2. The monoisotopic (exact) mass is 534 g/mol. The molecule has 0 aromatic heterocycles. The molecule has 2 amide bonds. The first-order valence-electron chi connectivity index (χ1n) is 8.84. The van der Waals surface area contributed by atoms with Crippen LogP contribution in [-0.2, 0) is 13.9 Å². The number of nitriles is 1. The first kappa shape index (κ1) is 23.2. The molecule has 0 unspecified atom stereocenters. The summed E-state index contributed by atoms with van der Waals surface area (Å²) in [5.74, 6) is -0.201. The molecule has 0 saturated heterocycles. The zero-order valence-electron chi connectivity index (χ0n) is 15.9. The van der Waals surface area contributed by atoms with Crippen LogP contribution in [0.2, 0.25) is 10.0 Å². The SMILES string of the molecule is N#Cc1cccc(N([As]S(=O)(=O)Cc2ccccc2)C(=O)Nc2cccc(Cl)c2Cl)c1. The maximum absolute atomic E-state index is 13.1. The molecule has 0 spiro atoms. The molecule has 0 saturated carbocycles. The van der Waals surface area contributed by atoms with E-state index in [1.54, 1.807) is 66.7 Å². The molecular formula is C21H15AsCl2N3O3S. The number of nitrogens with one attached hydrogen (secondary N) is 1. The topological polar surface area (TPSA) is 90.3 Å². The van der Waals surface area contributed by atoms with Gasteiger partial charge in [0.25, 0.3) is 0 Å². The molecule has 1 N–H and O–H groups in total. The summed E-state index contributed by atoms with van der Waals surface area (Å²) in [7, 11) is -3.64. The van der Waals surface area contributed by atoms with Crippen LogP contribution < -0.4 is 9.13 Å². The summed E-state index contributed by atoms with van der Waals surface area (Å²) in [5.41, 5.74) is 1.48. The number of anilines is 2. The van der Waals surface area contributed by atoms with E-state index in [1.807, 2.05) is 6.07 Å². The molecule has 157 valence electrons. The minimum absolute atomic E-state index is 0.145. The molecule has 6 nitrogen and oxygen atoms in total. The predicted octanol–water partition coefficient (Wildman–Crippen LogP) is 5.05. The van der Waals surface area contributed by atoms with Gasteiger partial charge in [-0.15, -0.1) is 0 Å². The number of hydrogen-bond acceptors (Lipinski definition) is 4. The molecule has 0 heterocycles. The summed E-state index contributed by atoms with van der Waals surface area (Å²) < 4.78 is 27.0. The third-order valence-corrected chi connectivity index (χ3v) is 10.2. The van der Waals surface area contributed by atoms with Gasteiger partial charge >= 0.3 is 197 Å². The molecule has 3 aromatic carbocycles. The van der Waals surface area contributed by atoms with Crippen molar-refractivity contribution in [2.24, 2.45) is 0 Å². The molecule has 10 heteroatoms. The fourth-order valence-corrected chi connectivity index (χ4v) is 8.35. The number of nitrogens with zero attached hydrogens (tertiary/aromatic N) is 2. The van der Waals surface area contributed by atoms with Crippen LogP contribution in [0.25, 0.3) is 0 Å². The second-order valence-electron chi connectivity index (χ2n) is 6.30. The Hall–Kier alpha value is -2.49. The molecule has 1 radical (unpaired) electrons. The van der Waals surface area contributed by atoms with Gasteiger partial charge < -0.3 is 0 Å². The molecule has 3 aromatic rings. The average Bonchev–Trinajstić information content (AvgIpc) is 2.75. The van der Waals surface area contributed by atoms with Gasteiger partial charge in [0.15, 0.2) is 0 Å². The van der Waals surface area contributed by atoms with Crippen molar-refractivity contribution < 1.29 is 13.2 Å². The van der Waals surface area contributed by atoms with E-state index in [0.29, 0.717) is 16.8 Å². The number of rotatable bonds is 6. The molecule has 0 fully saturated rings. The van der Waals surface area contributed by atoms with E-state index in [0.717, 1.165) is 3.82 Å². The number of hydrogen-bond donors (Lipinski definition) is 1. The number of carbonyl (C=O) groups is 1. The number of halogens is 2. The van der Waals surface area contributed by atoms with E-state index in [9.17, 15) is 18.5 Å². The summed E-state index contributed by atoms with van der Waals surface area (Å²) in [6, 6.07) is 21.0. The standard InChI is InChI=1S/C21H15AsCl2N3O3S/c23-18-10-5-11-19(20(18)24)26-21(28)27(17-9-4-8-16(12-17)13-25)22-31(29,30)14-15-6-2-1-3-7-15/h1-12H,14H2,(H,26,28). The zero-order chi connectivity index (χ0) is 22.4. The Kier molecular flexibility index (Phi) is 7.63. The Morgan fingerprint density at radius 2 is 1.74 bits per heavy atom. The van der Waals surface area contributed by atoms with E-state index in [4.69, 9.17) is 23.2 Å². The van der Waals surface area contributed by atoms with E-state index in [-0.39, 0.29) is 21.5 Å². The second-order valence-corrected chi connectivity index (χ2v) is 14.1. The van der Waals surface area contributed by atoms with Crippen molar-refractivity contribution in [3.05, 3.63) is 94.0 Å². The van der Waals surface area contributed by atoms with Gasteiger partial charge in [0.1, 0.15) is 0 Å². The van der Waals surface area contributed by atoms with Gasteiger partial charge in [0.05, 0.1) is 0 Å². The van der Waals surface area contributed by atoms with Crippen molar-refractivity contribution in [1.29, 1.82) is 5.26 Å². The van der Waals surface area contributed by atoms with Crippen molar-refractivity contribution in [2.75, 3.05) is 9.13 Å². The van der Waals surface area contributed by atoms with Crippen molar-refractivity contribution in [3.63, 3.8) is 0 Å². The molecule has 31 heavy (non-hydrogen) atoms. The average molecular weight is 535 g/mol. The summed E-state index contributed by atoms with van der Waals surface area (Å²) in [6.45, 7) is 0. The van der Waals surface area contributed by atoms with E-state index in [1.165, 1.54) is 6.07 Å². The second kappa shape index (κ2) is 10.2. The van der Waals surface area contributed by atoms with Gasteiger partial charge in [-0.2, -0.15) is 0 Å². The van der Waals surface area contributed by atoms with Crippen LogP contribution in [0.4, 0.5) is 16.2 Å².